The van der Waals surface area contributed by atoms with Gasteiger partial charge in [-0.05, 0) is 60.7 Å². The first-order valence-corrected chi connectivity index (χ1v) is 12.6. The number of aryl methyl sites for hydroxylation is 1. The van der Waals surface area contributed by atoms with Crippen molar-refractivity contribution >= 4 is 17.2 Å². The number of hydrogen-bond acceptors (Lipinski definition) is 3. The molecule has 3 aromatic rings. The molecule has 0 bridgehead atoms. The first-order valence-electron chi connectivity index (χ1n) is 11.8. The van der Waals surface area contributed by atoms with E-state index in [4.69, 9.17) is 0 Å². The molecule has 2 aromatic carbocycles. The van der Waals surface area contributed by atoms with Crippen LogP contribution < -0.4 is 0 Å². The fourth-order valence-corrected chi connectivity index (χ4v) is 5.81. The summed E-state index contributed by atoms with van der Waals surface area (Å²) in [6.45, 7) is 10.6. The molecule has 2 unspecified atom stereocenters. The molecule has 1 fully saturated rings. The SMILES string of the molecule is Cc1ccc(CN2CC(CN(CC(C)C)C(=O)c3ccccc3)C(c3ccc(F)cc3)C2)s1. The summed E-state index contributed by atoms with van der Waals surface area (Å²) in [5.74, 6) is 0.829. The lowest BCUT2D eigenvalue weighted by molar-refractivity contribution is 0.0703. The third-order valence-electron chi connectivity index (χ3n) is 6.34. The maximum Gasteiger partial charge on any atom is 0.253 e. The molecule has 1 amide bonds. The molecule has 0 aliphatic carbocycles. The fourth-order valence-electron chi connectivity index (χ4n) is 4.88. The number of carbonyl (C=O) groups is 1. The van der Waals surface area contributed by atoms with Crippen molar-refractivity contribution in [3.63, 3.8) is 0 Å². The Kier molecular flexibility index (Phi) is 7.61. The van der Waals surface area contributed by atoms with E-state index in [1.807, 2.05) is 58.7 Å². The Balaban J connectivity index is 1.57. The molecule has 1 aliphatic rings. The Hall–Kier alpha value is -2.50. The van der Waals surface area contributed by atoms with Crippen molar-refractivity contribution in [1.82, 2.24) is 9.80 Å². The molecule has 3 nitrogen and oxygen atoms in total. The summed E-state index contributed by atoms with van der Waals surface area (Å²) in [6, 6.07) is 20.9. The number of halogens is 1. The Morgan fingerprint density at radius 1 is 1.06 bits per heavy atom. The van der Waals surface area contributed by atoms with Crippen LogP contribution in [0, 0.1) is 24.6 Å². The van der Waals surface area contributed by atoms with Gasteiger partial charge in [0.05, 0.1) is 0 Å². The average Bonchev–Trinajstić information content (AvgIpc) is 3.39. The van der Waals surface area contributed by atoms with Gasteiger partial charge in [-0.1, -0.05) is 44.2 Å². The molecule has 0 N–H and O–H groups in total. The van der Waals surface area contributed by atoms with Gasteiger partial charge in [0, 0.05) is 54.0 Å². The minimum Gasteiger partial charge on any atom is -0.338 e. The van der Waals surface area contributed by atoms with Crippen LogP contribution in [0.5, 0.6) is 0 Å². The zero-order chi connectivity index (χ0) is 23.4. The Morgan fingerprint density at radius 3 is 2.42 bits per heavy atom. The Labute approximate surface area is 200 Å². The zero-order valence-corrected chi connectivity index (χ0v) is 20.5. The predicted molar refractivity (Wildman–Crippen MR) is 134 cm³/mol. The maximum atomic E-state index is 13.6. The quantitative estimate of drug-likeness (QED) is 0.396. The number of hydrogen-bond donors (Lipinski definition) is 0. The molecule has 5 heteroatoms. The molecule has 1 aliphatic heterocycles. The van der Waals surface area contributed by atoms with Crippen LogP contribution in [0.25, 0.3) is 0 Å². The van der Waals surface area contributed by atoms with Crippen molar-refractivity contribution < 1.29 is 9.18 Å². The van der Waals surface area contributed by atoms with Crippen LogP contribution in [-0.4, -0.2) is 41.9 Å². The molecule has 1 saturated heterocycles. The lowest BCUT2D eigenvalue weighted by Gasteiger charge is -2.30. The fraction of sp³-hybridized carbons (Fsp3) is 0.393. The third-order valence-corrected chi connectivity index (χ3v) is 7.32. The summed E-state index contributed by atoms with van der Waals surface area (Å²) in [4.78, 5) is 20.6. The number of rotatable bonds is 8. The smallest absolute Gasteiger partial charge is 0.253 e. The normalized spacial score (nSPS) is 18.7. The summed E-state index contributed by atoms with van der Waals surface area (Å²) in [5, 5.41) is 0. The Bertz CT molecular complexity index is 1050. The molecule has 4 rings (SSSR count). The van der Waals surface area contributed by atoms with Crippen molar-refractivity contribution in [3.8, 4) is 0 Å². The highest BCUT2D eigenvalue weighted by atomic mass is 32.1. The van der Waals surface area contributed by atoms with Crippen molar-refractivity contribution in [1.29, 1.82) is 0 Å². The second kappa shape index (κ2) is 10.6. The first-order chi connectivity index (χ1) is 15.9. The number of thiophene rings is 1. The summed E-state index contributed by atoms with van der Waals surface area (Å²) in [7, 11) is 0. The minimum absolute atomic E-state index is 0.0921. The second-order valence-electron chi connectivity index (χ2n) is 9.59. The van der Waals surface area contributed by atoms with Gasteiger partial charge in [0.25, 0.3) is 5.91 Å². The van der Waals surface area contributed by atoms with Crippen LogP contribution in [0.15, 0.2) is 66.7 Å². The number of nitrogens with zero attached hydrogens (tertiary/aromatic N) is 2. The number of likely N-dealkylation sites (tertiary alicyclic amines) is 1. The molecular formula is C28H33FN2OS. The third kappa shape index (κ3) is 6.10. The van der Waals surface area contributed by atoms with E-state index in [0.717, 1.165) is 37.3 Å². The molecule has 2 heterocycles. The van der Waals surface area contributed by atoms with E-state index in [-0.39, 0.29) is 17.6 Å². The Morgan fingerprint density at radius 2 is 1.79 bits per heavy atom. The van der Waals surface area contributed by atoms with Gasteiger partial charge in [-0.3, -0.25) is 9.69 Å². The summed E-state index contributed by atoms with van der Waals surface area (Å²) >= 11 is 1.84. The van der Waals surface area contributed by atoms with E-state index in [0.29, 0.717) is 18.4 Å². The van der Waals surface area contributed by atoms with Crippen molar-refractivity contribution in [3.05, 3.63) is 93.4 Å². The summed E-state index contributed by atoms with van der Waals surface area (Å²) < 4.78 is 13.6. The maximum absolute atomic E-state index is 13.6. The highest BCUT2D eigenvalue weighted by molar-refractivity contribution is 7.11. The molecule has 2 atom stereocenters. The van der Waals surface area contributed by atoms with Gasteiger partial charge in [-0.15, -0.1) is 11.3 Å². The van der Waals surface area contributed by atoms with Crippen molar-refractivity contribution in [2.45, 2.75) is 33.2 Å². The van der Waals surface area contributed by atoms with Gasteiger partial charge in [-0.25, -0.2) is 4.39 Å². The monoisotopic (exact) mass is 464 g/mol. The molecular weight excluding hydrogens is 431 g/mol. The van der Waals surface area contributed by atoms with E-state index >= 15 is 0 Å². The van der Waals surface area contributed by atoms with Gasteiger partial charge >= 0.3 is 0 Å². The lowest BCUT2D eigenvalue weighted by Crippen LogP contribution is -2.39. The molecule has 1 aromatic heterocycles. The second-order valence-corrected chi connectivity index (χ2v) is 11.0. The first kappa shape index (κ1) is 23.7. The molecule has 0 radical (unpaired) electrons. The van der Waals surface area contributed by atoms with E-state index in [9.17, 15) is 9.18 Å². The van der Waals surface area contributed by atoms with Crippen LogP contribution in [0.4, 0.5) is 4.39 Å². The zero-order valence-electron chi connectivity index (χ0n) is 19.7. The topological polar surface area (TPSA) is 23.6 Å². The van der Waals surface area contributed by atoms with E-state index < -0.39 is 0 Å². The van der Waals surface area contributed by atoms with Crippen LogP contribution in [0.3, 0.4) is 0 Å². The molecule has 33 heavy (non-hydrogen) atoms. The van der Waals surface area contributed by atoms with Gasteiger partial charge in [0.1, 0.15) is 5.82 Å². The summed E-state index contributed by atoms with van der Waals surface area (Å²) in [6.07, 6.45) is 0. The van der Waals surface area contributed by atoms with Crippen LogP contribution in [0.2, 0.25) is 0 Å². The van der Waals surface area contributed by atoms with Crippen LogP contribution >= 0.6 is 11.3 Å². The van der Waals surface area contributed by atoms with Gasteiger partial charge < -0.3 is 4.90 Å². The van der Waals surface area contributed by atoms with Gasteiger partial charge in [0.2, 0.25) is 0 Å². The molecule has 174 valence electrons. The van der Waals surface area contributed by atoms with E-state index in [1.54, 1.807) is 12.1 Å². The van der Waals surface area contributed by atoms with Crippen LogP contribution in [0.1, 0.15) is 45.4 Å². The molecule has 0 spiro atoms. The highest BCUT2D eigenvalue weighted by Gasteiger charge is 2.36. The van der Waals surface area contributed by atoms with E-state index in [1.165, 1.54) is 9.75 Å². The number of amides is 1. The highest BCUT2D eigenvalue weighted by Crippen LogP contribution is 2.35. The minimum atomic E-state index is -0.208. The number of carbonyl (C=O) groups excluding carboxylic acids is 1. The van der Waals surface area contributed by atoms with Crippen molar-refractivity contribution in [2.75, 3.05) is 26.2 Å². The average molecular weight is 465 g/mol. The van der Waals surface area contributed by atoms with E-state index in [2.05, 4.69) is 37.8 Å². The predicted octanol–water partition coefficient (Wildman–Crippen LogP) is 6.21. The summed E-state index contributed by atoms with van der Waals surface area (Å²) in [5.41, 5.74) is 1.89. The number of benzene rings is 2. The standard InChI is InChI=1S/C28H33FN2OS/c1-20(2)15-31(28(32)23-7-5-4-6-8-23)17-24-16-30(18-26-14-9-21(3)33-26)19-27(24)22-10-12-25(29)13-11-22/h4-14,20,24,27H,15-19H2,1-3H3. The molecule has 0 saturated carbocycles. The van der Waals surface area contributed by atoms with Crippen molar-refractivity contribution in [2.24, 2.45) is 11.8 Å². The van der Waals surface area contributed by atoms with Crippen LogP contribution in [-0.2, 0) is 6.54 Å². The largest absolute Gasteiger partial charge is 0.338 e. The van der Waals surface area contributed by atoms with Gasteiger partial charge in [0.15, 0.2) is 0 Å². The lowest BCUT2D eigenvalue weighted by atomic mass is 9.88. The van der Waals surface area contributed by atoms with Gasteiger partial charge in [-0.2, -0.15) is 0 Å².